The van der Waals surface area contributed by atoms with Gasteiger partial charge in [0.05, 0.1) is 11.3 Å². The minimum atomic E-state index is -0.998. The number of carbonyl (C=O) groups excluding carboxylic acids is 1. The molecule has 0 fully saturated rings. The first-order chi connectivity index (χ1) is 17.3. The van der Waals surface area contributed by atoms with Gasteiger partial charge in [-0.3, -0.25) is 9.48 Å². The third-order valence-corrected chi connectivity index (χ3v) is 5.92. The number of nitrogens with one attached hydrogen (secondary N) is 2. The Bertz CT molecular complexity index is 1600. The van der Waals surface area contributed by atoms with Gasteiger partial charge in [0.25, 0.3) is 5.91 Å². The van der Waals surface area contributed by atoms with Crippen LogP contribution in [0.2, 0.25) is 0 Å². The fourth-order valence-electron chi connectivity index (χ4n) is 4.12. The molecule has 0 spiro atoms. The van der Waals surface area contributed by atoms with Crippen molar-refractivity contribution in [3.8, 4) is 22.5 Å². The van der Waals surface area contributed by atoms with E-state index in [-0.39, 0.29) is 23.7 Å². The normalized spacial score (nSPS) is 11.1. The van der Waals surface area contributed by atoms with Gasteiger partial charge in [0.2, 0.25) is 5.95 Å². The van der Waals surface area contributed by atoms with Crippen LogP contribution in [-0.4, -0.2) is 36.7 Å². The summed E-state index contributed by atoms with van der Waals surface area (Å²) in [6, 6.07) is 19.1. The number of carboxylic acids is 1. The third kappa shape index (κ3) is 4.58. The highest BCUT2D eigenvalue weighted by molar-refractivity contribution is 5.94. The number of rotatable bonds is 6. The predicted octanol–water partition coefficient (Wildman–Crippen LogP) is 4.71. The van der Waals surface area contributed by atoms with Crippen molar-refractivity contribution in [3.63, 3.8) is 0 Å². The molecular formula is C27H22FN5O3. The van der Waals surface area contributed by atoms with Gasteiger partial charge in [0.1, 0.15) is 0 Å². The highest BCUT2D eigenvalue weighted by Crippen LogP contribution is 2.29. The van der Waals surface area contributed by atoms with Crippen molar-refractivity contribution in [3.05, 3.63) is 95.2 Å². The minimum Gasteiger partial charge on any atom is -0.478 e. The summed E-state index contributed by atoms with van der Waals surface area (Å²) >= 11 is 0. The number of halogens is 1. The van der Waals surface area contributed by atoms with Crippen LogP contribution >= 0.6 is 0 Å². The fraction of sp³-hybridized carbons (Fsp3) is 0.111. The molecule has 0 aliphatic heterocycles. The summed E-state index contributed by atoms with van der Waals surface area (Å²) in [6.45, 7) is 2.00. The summed E-state index contributed by atoms with van der Waals surface area (Å²) in [5.74, 6) is -1.86. The Morgan fingerprint density at radius 2 is 1.81 bits per heavy atom. The molecule has 0 radical (unpaired) electrons. The smallest absolute Gasteiger partial charge is 0.335 e. The predicted molar refractivity (Wildman–Crippen MR) is 133 cm³/mol. The van der Waals surface area contributed by atoms with E-state index in [0.717, 1.165) is 39.0 Å². The van der Waals surface area contributed by atoms with Crippen molar-refractivity contribution in [2.75, 3.05) is 0 Å². The van der Waals surface area contributed by atoms with E-state index >= 15 is 0 Å². The molecule has 9 heteroatoms. The summed E-state index contributed by atoms with van der Waals surface area (Å²) in [7, 11) is 1.77. The Balaban J connectivity index is 1.35. The molecule has 0 saturated carbocycles. The fourth-order valence-corrected chi connectivity index (χ4v) is 4.12. The maximum Gasteiger partial charge on any atom is 0.335 e. The quantitative estimate of drug-likeness (QED) is 0.303. The molecule has 3 heterocycles. The van der Waals surface area contributed by atoms with Crippen molar-refractivity contribution < 1.29 is 19.1 Å². The number of aromatic carboxylic acids is 1. The molecule has 8 nitrogen and oxygen atoms in total. The molecule has 0 saturated heterocycles. The number of pyridine rings is 1. The van der Waals surface area contributed by atoms with Crippen molar-refractivity contribution >= 4 is 22.8 Å². The van der Waals surface area contributed by atoms with Gasteiger partial charge in [-0.15, -0.1) is 0 Å². The number of aromatic amines is 1. The number of fused-ring (bicyclic) bond motifs is 1. The Kier molecular flexibility index (Phi) is 5.81. The molecule has 180 valence electrons. The second kappa shape index (κ2) is 9.10. The van der Waals surface area contributed by atoms with Crippen LogP contribution in [0.25, 0.3) is 33.4 Å². The van der Waals surface area contributed by atoms with Crippen molar-refractivity contribution in [1.82, 2.24) is 25.1 Å². The zero-order valence-corrected chi connectivity index (χ0v) is 19.5. The van der Waals surface area contributed by atoms with Crippen LogP contribution in [0.15, 0.2) is 66.7 Å². The Morgan fingerprint density at radius 1 is 1.03 bits per heavy atom. The van der Waals surface area contributed by atoms with Crippen LogP contribution in [0, 0.1) is 12.9 Å². The van der Waals surface area contributed by atoms with E-state index in [4.69, 9.17) is 5.11 Å². The molecule has 1 amide bonds. The van der Waals surface area contributed by atoms with Gasteiger partial charge >= 0.3 is 5.97 Å². The van der Waals surface area contributed by atoms with E-state index in [1.54, 1.807) is 36.9 Å². The lowest BCUT2D eigenvalue weighted by atomic mass is 10.1. The van der Waals surface area contributed by atoms with Crippen LogP contribution in [0.3, 0.4) is 0 Å². The van der Waals surface area contributed by atoms with Crippen LogP contribution < -0.4 is 5.32 Å². The summed E-state index contributed by atoms with van der Waals surface area (Å²) in [5.41, 5.74) is 5.89. The number of hydrogen-bond donors (Lipinski definition) is 3. The standard InChI is InChI=1S/C27H22FN5O3/c1-15-9-19(12-25(28)30-15)22-11-20-10-18(7-8-21(20)31-22)24-13-23(32-33(24)2)26(34)29-14-16-3-5-17(6-4-16)27(35)36/h3-13,31H,14H2,1-2H3,(H,29,34)(H,35,36). The first-order valence-electron chi connectivity index (χ1n) is 11.2. The summed E-state index contributed by atoms with van der Waals surface area (Å²) in [5, 5.41) is 17.1. The van der Waals surface area contributed by atoms with E-state index in [1.807, 2.05) is 30.3 Å². The molecule has 0 bridgehead atoms. The number of aromatic nitrogens is 4. The zero-order chi connectivity index (χ0) is 25.4. The van der Waals surface area contributed by atoms with E-state index in [1.165, 1.54) is 18.2 Å². The molecule has 0 unspecified atom stereocenters. The molecule has 36 heavy (non-hydrogen) atoms. The number of carboxylic acid groups (broad SMARTS) is 1. The molecule has 0 aliphatic carbocycles. The summed E-state index contributed by atoms with van der Waals surface area (Å²) < 4.78 is 15.4. The number of aryl methyl sites for hydroxylation is 2. The third-order valence-electron chi connectivity index (χ3n) is 5.92. The van der Waals surface area contributed by atoms with Gasteiger partial charge in [0, 0.05) is 53.1 Å². The zero-order valence-electron chi connectivity index (χ0n) is 19.5. The SMILES string of the molecule is Cc1cc(-c2cc3cc(-c4cc(C(=O)NCc5ccc(C(=O)O)cc5)nn4C)ccc3[nH]2)cc(F)n1. The largest absolute Gasteiger partial charge is 0.478 e. The molecule has 5 rings (SSSR count). The lowest BCUT2D eigenvalue weighted by molar-refractivity contribution is 0.0696. The molecule has 0 atom stereocenters. The minimum absolute atomic E-state index is 0.189. The molecule has 0 aliphatic rings. The van der Waals surface area contributed by atoms with E-state index in [9.17, 15) is 14.0 Å². The maximum absolute atomic E-state index is 13.8. The van der Waals surface area contributed by atoms with Gasteiger partial charge in [-0.25, -0.2) is 9.78 Å². The van der Waals surface area contributed by atoms with Gasteiger partial charge in [-0.05, 0) is 55.0 Å². The van der Waals surface area contributed by atoms with Crippen LogP contribution in [0.4, 0.5) is 4.39 Å². The number of carbonyl (C=O) groups is 2. The number of hydrogen-bond acceptors (Lipinski definition) is 4. The summed E-state index contributed by atoms with van der Waals surface area (Å²) in [6.07, 6.45) is 0. The van der Waals surface area contributed by atoms with Crippen molar-refractivity contribution in [2.45, 2.75) is 13.5 Å². The lowest BCUT2D eigenvalue weighted by Crippen LogP contribution is -2.23. The van der Waals surface area contributed by atoms with Crippen LogP contribution in [-0.2, 0) is 13.6 Å². The van der Waals surface area contributed by atoms with Crippen molar-refractivity contribution in [2.24, 2.45) is 7.05 Å². The Labute approximate surface area is 205 Å². The average Bonchev–Trinajstić information content (AvgIpc) is 3.45. The first-order valence-corrected chi connectivity index (χ1v) is 11.2. The van der Waals surface area contributed by atoms with Gasteiger partial charge in [0.15, 0.2) is 5.69 Å². The lowest BCUT2D eigenvalue weighted by Gasteiger charge is -2.04. The highest BCUT2D eigenvalue weighted by atomic mass is 19.1. The maximum atomic E-state index is 13.8. The molecule has 3 N–H and O–H groups in total. The number of H-pyrrole nitrogens is 1. The first kappa shape index (κ1) is 23.0. The summed E-state index contributed by atoms with van der Waals surface area (Å²) in [4.78, 5) is 30.8. The van der Waals surface area contributed by atoms with Gasteiger partial charge in [-0.1, -0.05) is 18.2 Å². The van der Waals surface area contributed by atoms with E-state index < -0.39 is 11.9 Å². The average molecular weight is 484 g/mol. The second-order valence-corrected chi connectivity index (χ2v) is 8.53. The number of benzene rings is 2. The van der Waals surface area contributed by atoms with Crippen LogP contribution in [0.1, 0.15) is 32.1 Å². The Morgan fingerprint density at radius 3 is 2.53 bits per heavy atom. The number of amides is 1. The molecule has 2 aromatic carbocycles. The highest BCUT2D eigenvalue weighted by Gasteiger charge is 2.15. The topological polar surface area (TPSA) is 113 Å². The second-order valence-electron chi connectivity index (χ2n) is 8.53. The van der Waals surface area contributed by atoms with Gasteiger partial charge < -0.3 is 15.4 Å². The molecule has 3 aromatic heterocycles. The van der Waals surface area contributed by atoms with E-state index in [2.05, 4.69) is 20.4 Å². The van der Waals surface area contributed by atoms with Crippen molar-refractivity contribution in [1.29, 1.82) is 0 Å². The Hall–Kier alpha value is -4.79. The molecule has 5 aromatic rings. The number of nitrogens with zero attached hydrogens (tertiary/aromatic N) is 3. The monoisotopic (exact) mass is 483 g/mol. The molecular weight excluding hydrogens is 461 g/mol. The van der Waals surface area contributed by atoms with E-state index in [0.29, 0.717) is 5.69 Å². The van der Waals surface area contributed by atoms with Crippen LogP contribution in [0.5, 0.6) is 0 Å². The van der Waals surface area contributed by atoms with Gasteiger partial charge in [-0.2, -0.15) is 9.49 Å².